The van der Waals surface area contributed by atoms with Gasteiger partial charge in [-0.05, 0) is 42.0 Å². The summed E-state index contributed by atoms with van der Waals surface area (Å²) in [4.78, 5) is 15.2. The van der Waals surface area contributed by atoms with Crippen molar-refractivity contribution in [1.29, 1.82) is 5.26 Å². The van der Waals surface area contributed by atoms with Crippen molar-refractivity contribution < 1.29 is 9.47 Å². The third-order valence-corrected chi connectivity index (χ3v) is 4.06. The van der Waals surface area contributed by atoms with E-state index in [1.54, 1.807) is 55.6 Å². The normalized spacial score (nSPS) is 10.2. The van der Waals surface area contributed by atoms with E-state index in [0.29, 0.717) is 34.0 Å². The predicted molar refractivity (Wildman–Crippen MR) is 100 cm³/mol. The first-order chi connectivity index (χ1) is 12.6. The molecule has 0 fully saturated rings. The third kappa shape index (κ3) is 3.10. The molecule has 0 aliphatic rings. The zero-order valence-corrected chi connectivity index (χ0v) is 14.4. The number of anilines is 1. The van der Waals surface area contributed by atoms with E-state index in [4.69, 9.17) is 15.2 Å². The quantitative estimate of drug-likeness (QED) is 0.706. The first kappa shape index (κ1) is 17.1. The van der Waals surface area contributed by atoms with Crippen molar-refractivity contribution in [2.75, 3.05) is 20.0 Å². The van der Waals surface area contributed by atoms with Crippen LogP contribution in [0.4, 0.5) is 5.69 Å². The minimum absolute atomic E-state index is 0.00995. The number of hydrogen-bond donors (Lipinski definition) is 2. The van der Waals surface area contributed by atoms with Crippen LogP contribution in [0.25, 0.3) is 22.4 Å². The van der Waals surface area contributed by atoms with Gasteiger partial charge in [-0.2, -0.15) is 5.26 Å². The maximum atomic E-state index is 12.5. The highest BCUT2D eigenvalue weighted by Gasteiger charge is 2.16. The van der Waals surface area contributed by atoms with Crippen LogP contribution in [0.2, 0.25) is 0 Å². The van der Waals surface area contributed by atoms with Crippen LogP contribution >= 0.6 is 0 Å². The molecule has 0 saturated heterocycles. The number of benzene rings is 2. The molecule has 0 bridgehead atoms. The summed E-state index contributed by atoms with van der Waals surface area (Å²) >= 11 is 0. The number of nitrogens with zero attached hydrogens (tertiary/aromatic N) is 1. The van der Waals surface area contributed by atoms with E-state index in [1.165, 1.54) is 7.11 Å². The number of nitrogens with two attached hydrogens (primary N) is 1. The SMILES string of the molecule is COc1ccc(OC)c(-c2cc(-c3ccc(N)cc3)[nH]c(=O)c2C#N)c1. The van der Waals surface area contributed by atoms with Crippen molar-refractivity contribution >= 4 is 5.69 Å². The highest BCUT2D eigenvalue weighted by atomic mass is 16.5. The van der Waals surface area contributed by atoms with Crippen molar-refractivity contribution in [3.8, 4) is 40.0 Å². The molecular formula is C20H17N3O3. The second-order valence-electron chi connectivity index (χ2n) is 5.60. The lowest BCUT2D eigenvalue weighted by molar-refractivity contribution is 0.404. The summed E-state index contributed by atoms with van der Waals surface area (Å²) in [7, 11) is 3.08. The van der Waals surface area contributed by atoms with Crippen LogP contribution in [0.5, 0.6) is 11.5 Å². The lowest BCUT2D eigenvalue weighted by Crippen LogP contribution is -2.13. The molecule has 6 nitrogen and oxygen atoms in total. The molecule has 26 heavy (non-hydrogen) atoms. The number of hydrogen-bond acceptors (Lipinski definition) is 5. The average molecular weight is 347 g/mol. The molecule has 0 aliphatic heterocycles. The van der Waals surface area contributed by atoms with Gasteiger partial charge in [0.1, 0.15) is 23.1 Å². The van der Waals surface area contributed by atoms with E-state index in [1.807, 2.05) is 6.07 Å². The van der Waals surface area contributed by atoms with Crippen LogP contribution in [0.3, 0.4) is 0 Å². The molecule has 1 aromatic heterocycles. The summed E-state index contributed by atoms with van der Waals surface area (Å²) in [5.74, 6) is 1.13. The number of nitrogens with one attached hydrogen (secondary N) is 1. The number of ether oxygens (including phenoxy) is 2. The van der Waals surface area contributed by atoms with Crippen molar-refractivity contribution in [3.63, 3.8) is 0 Å². The molecular weight excluding hydrogens is 330 g/mol. The highest BCUT2D eigenvalue weighted by Crippen LogP contribution is 2.35. The molecule has 0 unspecified atom stereocenters. The van der Waals surface area contributed by atoms with Crippen molar-refractivity contribution in [3.05, 3.63) is 64.4 Å². The van der Waals surface area contributed by atoms with Gasteiger partial charge in [0, 0.05) is 22.5 Å². The zero-order valence-electron chi connectivity index (χ0n) is 14.4. The Kier molecular flexibility index (Phi) is 4.63. The molecule has 0 aliphatic carbocycles. The summed E-state index contributed by atoms with van der Waals surface area (Å²) in [6, 6.07) is 16.1. The fourth-order valence-corrected chi connectivity index (χ4v) is 2.73. The molecule has 2 aromatic carbocycles. The molecule has 6 heteroatoms. The predicted octanol–water partition coefficient (Wildman–Crippen LogP) is 3.18. The minimum atomic E-state index is -0.471. The van der Waals surface area contributed by atoms with Gasteiger partial charge < -0.3 is 20.2 Å². The summed E-state index contributed by atoms with van der Waals surface area (Å²) < 4.78 is 10.7. The molecule has 0 radical (unpaired) electrons. The van der Waals surface area contributed by atoms with Crippen LogP contribution < -0.4 is 20.8 Å². The lowest BCUT2D eigenvalue weighted by Gasteiger charge is -2.13. The second kappa shape index (κ2) is 7.03. The maximum absolute atomic E-state index is 12.5. The van der Waals surface area contributed by atoms with Crippen LogP contribution in [-0.2, 0) is 0 Å². The van der Waals surface area contributed by atoms with Crippen LogP contribution in [-0.4, -0.2) is 19.2 Å². The Hall–Kier alpha value is -3.72. The number of pyridine rings is 1. The van der Waals surface area contributed by atoms with E-state index >= 15 is 0 Å². The van der Waals surface area contributed by atoms with Gasteiger partial charge in [-0.15, -0.1) is 0 Å². The minimum Gasteiger partial charge on any atom is -0.497 e. The average Bonchev–Trinajstić information content (AvgIpc) is 2.67. The molecule has 130 valence electrons. The van der Waals surface area contributed by atoms with E-state index < -0.39 is 5.56 Å². The van der Waals surface area contributed by atoms with E-state index in [2.05, 4.69) is 4.98 Å². The maximum Gasteiger partial charge on any atom is 0.266 e. The Balaban J connectivity index is 2.29. The van der Waals surface area contributed by atoms with Crippen molar-refractivity contribution in [1.82, 2.24) is 4.98 Å². The zero-order chi connectivity index (χ0) is 18.7. The molecule has 0 saturated carbocycles. The third-order valence-electron chi connectivity index (χ3n) is 4.06. The van der Waals surface area contributed by atoms with Crippen LogP contribution in [0, 0.1) is 11.3 Å². The summed E-state index contributed by atoms with van der Waals surface area (Å²) in [5.41, 5.74) is 8.32. The monoisotopic (exact) mass is 347 g/mol. The Morgan fingerprint density at radius 3 is 2.35 bits per heavy atom. The molecule has 1 heterocycles. The van der Waals surface area contributed by atoms with Gasteiger partial charge in [-0.3, -0.25) is 4.79 Å². The Labute approximate surface area is 150 Å². The van der Waals surface area contributed by atoms with Gasteiger partial charge in [0.2, 0.25) is 0 Å². The first-order valence-corrected chi connectivity index (χ1v) is 7.83. The van der Waals surface area contributed by atoms with Crippen molar-refractivity contribution in [2.45, 2.75) is 0 Å². The summed E-state index contributed by atoms with van der Waals surface area (Å²) in [6.07, 6.45) is 0. The van der Waals surface area contributed by atoms with Gasteiger partial charge in [-0.1, -0.05) is 12.1 Å². The Morgan fingerprint density at radius 1 is 1.00 bits per heavy atom. The summed E-state index contributed by atoms with van der Waals surface area (Å²) in [5, 5.41) is 9.49. The fourth-order valence-electron chi connectivity index (χ4n) is 2.73. The number of rotatable bonds is 4. The van der Waals surface area contributed by atoms with Gasteiger partial charge in [0.05, 0.1) is 14.2 Å². The molecule has 0 atom stereocenters. The van der Waals surface area contributed by atoms with E-state index in [9.17, 15) is 10.1 Å². The van der Waals surface area contributed by atoms with Crippen LogP contribution in [0.15, 0.2) is 53.3 Å². The molecule has 3 rings (SSSR count). The van der Waals surface area contributed by atoms with Gasteiger partial charge in [0.25, 0.3) is 5.56 Å². The topological polar surface area (TPSA) is 101 Å². The number of nitriles is 1. The Bertz CT molecular complexity index is 1050. The number of nitrogen functional groups attached to an aromatic ring is 1. The van der Waals surface area contributed by atoms with E-state index in [-0.39, 0.29) is 5.56 Å². The van der Waals surface area contributed by atoms with Gasteiger partial charge in [-0.25, -0.2) is 0 Å². The van der Waals surface area contributed by atoms with Crippen molar-refractivity contribution in [2.24, 2.45) is 0 Å². The fraction of sp³-hybridized carbons (Fsp3) is 0.100. The summed E-state index contributed by atoms with van der Waals surface area (Å²) in [6.45, 7) is 0. The number of aromatic amines is 1. The van der Waals surface area contributed by atoms with Gasteiger partial charge >= 0.3 is 0 Å². The largest absolute Gasteiger partial charge is 0.497 e. The molecule has 0 spiro atoms. The second-order valence-corrected chi connectivity index (χ2v) is 5.60. The standard InChI is InChI=1S/C20H17N3O3/c1-25-14-7-8-19(26-2)16(9-14)15-10-18(23-20(24)17(15)11-21)12-3-5-13(22)6-4-12/h3-10H,22H2,1-2H3,(H,23,24). The molecule has 3 N–H and O–H groups in total. The van der Waals surface area contributed by atoms with Gasteiger partial charge in [0.15, 0.2) is 0 Å². The van der Waals surface area contributed by atoms with E-state index in [0.717, 1.165) is 5.56 Å². The molecule has 0 amide bonds. The Morgan fingerprint density at radius 2 is 1.73 bits per heavy atom. The number of H-pyrrole nitrogens is 1. The van der Waals surface area contributed by atoms with Crippen LogP contribution in [0.1, 0.15) is 5.56 Å². The smallest absolute Gasteiger partial charge is 0.266 e. The lowest BCUT2D eigenvalue weighted by atomic mass is 9.98. The first-order valence-electron chi connectivity index (χ1n) is 7.83. The number of aromatic nitrogens is 1. The number of methoxy groups -OCH3 is 2. The highest BCUT2D eigenvalue weighted by molar-refractivity contribution is 5.80. The molecule has 3 aromatic rings.